The molecule has 1 heterocycles. The lowest BCUT2D eigenvalue weighted by Crippen LogP contribution is -2.33. The van der Waals surface area contributed by atoms with E-state index in [9.17, 15) is 13.2 Å². The first kappa shape index (κ1) is 17.8. The lowest BCUT2D eigenvalue weighted by molar-refractivity contribution is -0.119. The van der Waals surface area contributed by atoms with Crippen molar-refractivity contribution >= 4 is 37.5 Å². The molecule has 0 saturated heterocycles. The zero-order valence-electron chi connectivity index (χ0n) is 13.5. The van der Waals surface area contributed by atoms with Crippen molar-refractivity contribution in [1.29, 1.82) is 0 Å². The summed E-state index contributed by atoms with van der Waals surface area (Å²) in [7, 11) is -2.11. The number of carbonyl (C=O) groups excluding carboxylic acids is 1. The van der Waals surface area contributed by atoms with E-state index in [1.165, 1.54) is 0 Å². The Morgan fingerprint density at radius 2 is 2.17 bits per heavy atom. The van der Waals surface area contributed by atoms with E-state index in [1.54, 1.807) is 18.1 Å². The number of amides is 1. The first-order chi connectivity index (χ1) is 11.4. The van der Waals surface area contributed by atoms with Crippen molar-refractivity contribution in [2.24, 2.45) is 5.92 Å². The quantitative estimate of drug-likeness (QED) is 0.690. The molecule has 3 rings (SSSR count). The summed E-state index contributed by atoms with van der Waals surface area (Å²) in [5.41, 5.74) is 1.45. The zero-order valence-corrected chi connectivity index (χ0v) is 16.0. The van der Waals surface area contributed by atoms with Crippen molar-refractivity contribution in [3.63, 3.8) is 0 Å². The fourth-order valence-corrected chi connectivity index (χ4v) is 4.95. The van der Waals surface area contributed by atoms with Crippen molar-refractivity contribution in [2.45, 2.75) is 30.6 Å². The normalized spacial score (nSPS) is 17.2. The molecule has 1 aromatic carbocycles. The van der Waals surface area contributed by atoms with Gasteiger partial charge in [-0.25, -0.2) is 13.1 Å². The van der Waals surface area contributed by atoms with Crippen molar-refractivity contribution in [2.75, 3.05) is 31.7 Å². The summed E-state index contributed by atoms with van der Waals surface area (Å²) in [6.45, 7) is 1.34. The number of hydrogen-bond donors (Lipinski definition) is 1. The highest BCUT2D eigenvalue weighted by Gasteiger charge is 2.39. The fraction of sp³-hybridized carbons (Fsp3) is 0.562. The maximum Gasteiger partial charge on any atom is 0.242 e. The number of halogens is 1. The van der Waals surface area contributed by atoms with E-state index < -0.39 is 10.0 Å². The molecule has 1 N–H and O–H groups in total. The number of methoxy groups -OCH3 is 1. The van der Waals surface area contributed by atoms with E-state index in [4.69, 9.17) is 4.74 Å². The largest absolute Gasteiger partial charge is 0.385 e. The van der Waals surface area contributed by atoms with Crippen LogP contribution >= 0.6 is 15.9 Å². The monoisotopic (exact) mass is 416 g/mol. The number of nitrogens with zero attached hydrogens (tertiary/aromatic N) is 1. The van der Waals surface area contributed by atoms with Crippen LogP contribution in [0.3, 0.4) is 0 Å². The summed E-state index contributed by atoms with van der Waals surface area (Å²) < 4.78 is 33.8. The lowest BCUT2D eigenvalue weighted by Gasteiger charge is -2.21. The van der Waals surface area contributed by atoms with Crippen LogP contribution in [-0.4, -0.2) is 41.1 Å². The summed E-state index contributed by atoms with van der Waals surface area (Å²) in [5, 5.41) is 0. The number of fused-ring (bicyclic) bond motifs is 1. The molecule has 24 heavy (non-hydrogen) atoms. The molecule has 1 saturated carbocycles. The minimum absolute atomic E-state index is 0.0481. The summed E-state index contributed by atoms with van der Waals surface area (Å²) in [5.74, 6) is 0.108. The Morgan fingerprint density at radius 3 is 2.83 bits per heavy atom. The van der Waals surface area contributed by atoms with Crippen LogP contribution < -0.4 is 9.62 Å². The second-order valence-electron chi connectivity index (χ2n) is 6.17. The maximum absolute atomic E-state index is 12.8. The lowest BCUT2D eigenvalue weighted by atomic mass is 10.2. The maximum atomic E-state index is 12.8. The van der Waals surface area contributed by atoms with Gasteiger partial charge in [0.2, 0.25) is 15.9 Å². The van der Waals surface area contributed by atoms with Crippen molar-refractivity contribution in [3.05, 3.63) is 22.2 Å². The Labute approximate surface area is 150 Å². The second-order valence-corrected chi connectivity index (χ2v) is 8.82. The number of ether oxygens (including phenoxy) is 1. The first-order valence-corrected chi connectivity index (χ1v) is 10.3. The van der Waals surface area contributed by atoms with Crippen molar-refractivity contribution in [3.8, 4) is 0 Å². The van der Waals surface area contributed by atoms with Crippen LogP contribution in [0, 0.1) is 5.92 Å². The van der Waals surface area contributed by atoms with Gasteiger partial charge in [0.15, 0.2) is 0 Å². The zero-order chi connectivity index (χ0) is 17.3. The van der Waals surface area contributed by atoms with E-state index in [0.717, 1.165) is 18.4 Å². The van der Waals surface area contributed by atoms with Gasteiger partial charge in [-0.05, 0) is 43.4 Å². The van der Waals surface area contributed by atoms with Crippen LogP contribution in [0.15, 0.2) is 21.5 Å². The van der Waals surface area contributed by atoms with E-state index in [1.807, 2.05) is 6.07 Å². The van der Waals surface area contributed by atoms with Gasteiger partial charge in [-0.1, -0.05) is 15.9 Å². The molecule has 0 atom stereocenters. The SMILES string of the molecule is COCCCNS(=O)(=O)c1cc(Br)cc2c1N(C(=O)C1CC1)CC2. The van der Waals surface area contributed by atoms with E-state index >= 15 is 0 Å². The third-order valence-electron chi connectivity index (χ3n) is 4.29. The van der Waals surface area contributed by atoms with Gasteiger partial charge in [0.25, 0.3) is 0 Å². The van der Waals surface area contributed by atoms with Crippen LogP contribution in [-0.2, 0) is 26.0 Å². The molecule has 1 aromatic rings. The fourth-order valence-electron chi connectivity index (χ4n) is 2.95. The van der Waals surface area contributed by atoms with Gasteiger partial charge in [0.05, 0.1) is 5.69 Å². The Hall–Kier alpha value is -0.960. The molecule has 132 valence electrons. The molecule has 0 aromatic heterocycles. The first-order valence-electron chi connectivity index (χ1n) is 8.06. The van der Waals surface area contributed by atoms with Gasteiger partial charge in [-0.2, -0.15) is 0 Å². The summed E-state index contributed by atoms with van der Waals surface area (Å²) in [6, 6.07) is 3.48. The van der Waals surface area contributed by atoms with Crippen molar-refractivity contribution < 1.29 is 17.9 Å². The standard InChI is InChI=1S/C16H21BrN2O4S/c1-23-8-2-6-18-24(21,22)14-10-13(17)9-12-5-7-19(15(12)14)16(20)11-3-4-11/h9-11,18H,2-8H2,1H3. The van der Waals surface area contributed by atoms with Crippen molar-refractivity contribution in [1.82, 2.24) is 4.72 Å². The number of sulfonamides is 1. The van der Waals surface area contributed by atoms with Crippen LogP contribution in [0.2, 0.25) is 0 Å². The number of nitrogens with one attached hydrogen (secondary N) is 1. The van der Waals surface area contributed by atoms with Gasteiger partial charge in [-0.3, -0.25) is 4.79 Å². The van der Waals surface area contributed by atoms with E-state index in [0.29, 0.717) is 42.7 Å². The number of rotatable bonds is 7. The minimum atomic E-state index is -3.69. The van der Waals surface area contributed by atoms with Crippen LogP contribution in [0.4, 0.5) is 5.69 Å². The molecule has 6 nitrogen and oxygen atoms in total. The molecule has 0 spiro atoms. The predicted octanol–water partition coefficient (Wildman–Crippen LogP) is 2.06. The molecule has 0 bridgehead atoms. The smallest absolute Gasteiger partial charge is 0.242 e. The number of carbonyl (C=O) groups is 1. The molecule has 1 fully saturated rings. The predicted molar refractivity (Wildman–Crippen MR) is 94.6 cm³/mol. The molecule has 1 amide bonds. The Kier molecular flexibility index (Phi) is 5.29. The Bertz CT molecular complexity index is 747. The molecule has 0 unspecified atom stereocenters. The average molecular weight is 417 g/mol. The molecule has 8 heteroatoms. The second kappa shape index (κ2) is 7.11. The number of hydrogen-bond acceptors (Lipinski definition) is 4. The Morgan fingerprint density at radius 1 is 1.42 bits per heavy atom. The van der Waals surface area contributed by atoms with Gasteiger partial charge >= 0.3 is 0 Å². The van der Waals surface area contributed by atoms with Gasteiger partial charge in [-0.15, -0.1) is 0 Å². The Balaban J connectivity index is 1.91. The molecule has 1 aliphatic carbocycles. The third kappa shape index (κ3) is 3.66. The molecule has 1 aliphatic heterocycles. The van der Waals surface area contributed by atoms with Gasteiger partial charge in [0, 0.05) is 37.2 Å². The van der Waals surface area contributed by atoms with E-state index in [-0.39, 0.29) is 16.7 Å². The van der Waals surface area contributed by atoms with Gasteiger partial charge < -0.3 is 9.64 Å². The molecular weight excluding hydrogens is 396 g/mol. The summed E-state index contributed by atoms with van der Waals surface area (Å²) >= 11 is 3.38. The minimum Gasteiger partial charge on any atom is -0.385 e. The topological polar surface area (TPSA) is 75.7 Å². The average Bonchev–Trinajstić information content (AvgIpc) is 3.30. The summed E-state index contributed by atoms with van der Waals surface area (Å²) in [4.78, 5) is 14.3. The highest BCUT2D eigenvalue weighted by Crippen LogP contribution is 2.41. The number of anilines is 1. The molecule has 2 aliphatic rings. The van der Waals surface area contributed by atoms with Gasteiger partial charge in [0.1, 0.15) is 4.90 Å². The molecular formula is C16H21BrN2O4S. The highest BCUT2D eigenvalue weighted by molar-refractivity contribution is 9.10. The van der Waals surface area contributed by atoms with Crippen LogP contribution in [0.5, 0.6) is 0 Å². The van der Waals surface area contributed by atoms with Crippen LogP contribution in [0.25, 0.3) is 0 Å². The third-order valence-corrected chi connectivity index (χ3v) is 6.23. The van der Waals surface area contributed by atoms with E-state index in [2.05, 4.69) is 20.7 Å². The summed E-state index contributed by atoms with van der Waals surface area (Å²) in [6.07, 6.45) is 3.08. The molecule has 0 radical (unpaired) electrons. The number of benzene rings is 1. The highest BCUT2D eigenvalue weighted by atomic mass is 79.9. The van der Waals surface area contributed by atoms with Crippen LogP contribution in [0.1, 0.15) is 24.8 Å².